The number of aromatic nitrogens is 1. The molecule has 0 aliphatic rings. The van der Waals surface area contributed by atoms with Crippen molar-refractivity contribution >= 4 is 17.6 Å². The van der Waals surface area contributed by atoms with E-state index in [0.717, 1.165) is 5.56 Å². The minimum Gasteiger partial charge on any atom is -0.492 e. The van der Waals surface area contributed by atoms with Crippen LogP contribution in [0.1, 0.15) is 6.92 Å². The van der Waals surface area contributed by atoms with Crippen molar-refractivity contribution in [3.63, 3.8) is 0 Å². The van der Waals surface area contributed by atoms with Crippen molar-refractivity contribution in [3.8, 4) is 17.0 Å². The monoisotopic (exact) mass is 238 g/mol. The van der Waals surface area contributed by atoms with Gasteiger partial charge >= 0.3 is 0 Å². The second kappa shape index (κ2) is 4.45. The lowest BCUT2D eigenvalue weighted by molar-refractivity contribution is 0.340. The predicted octanol–water partition coefficient (Wildman–Crippen LogP) is 2.98. The first-order valence-electron chi connectivity index (χ1n) is 4.84. The standard InChI is InChI=1S/C11H11ClN2O2/c1-2-15-10-4-3-7(5-8(10)12)9-6-16-11(13)14-9/h3-6H,2H2,1H3,(H2,13,14). The first kappa shape index (κ1) is 10.8. The number of nitrogens with two attached hydrogens (primary N) is 1. The van der Waals surface area contributed by atoms with E-state index >= 15 is 0 Å². The van der Waals surface area contributed by atoms with Crippen LogP contribution in [0.25, 0.3) is 11.3 Å². The number of ether oxygens (including phenoxy) is 1. The highest BCUT2D eigenvalue weighted by atomic mass is 35.5. The van der Waals surface area contributed by atoms with Gasteiger partial charge in [-0.15, -0.1) is 0 Å². The van der Waals surface area contributed by atoms with Crippen LogP contribution in [0.4, 0.5) is 6.01 Å². The van der Waals surface area contributed by atoms with Crippen LogP contribution in [-0.2, 0) is 0 Å². The van der Waals surface area contributed by atoms with E-state index < -0.39 is 0 Å². The van der Waals surface area contributed by atoms with Crippen molar-refractivity contribution in [3.05, 3.63) is 29.5 Å². The number of oxazole rings is 1. The maximum absolute atomic E-state index is 6.05. The van der Waals surface area contributed by atoms with Crippen molar-refractivity contribution in [2.75, 3.05) is 12.3 Å². The molecular formula is C11H11ClN2O2. The molecule has 0 saturated heterocycles. The molecule has 0 fully saturated rings. The molecule has 5 heteroatoms. The van der Waals surface area contributed by atoms with Gasteiger partial charge in [0.2, 0.25) is 0 Å². The lowest BCUT2D eigenvalue weighted by atomic mass is 10.2. The number of benzene rings is 1. The van der Waals surface area contributed by atoms with E-state index in [1.807, 2.05) is 13.0 Å². The van der Waals surface area contributed by atoms with Crippen molar-refractivity contribution in [2.24, 2.45) is 0 Å². The molecule has 0 saturated carbocycles. The molecule has 0 spiro atoms. The minimum absolute atomic E-state index is 0.139. The SMILES string of the molecule is CCOc1ccc(-c2coc(N)n2)cc1Cl. The zero-order chi connectivity index (χ0) is 11.5. The number of nitrogen functional groups attached to an aromatic ring is 1. The van der Waals surface area contributed by atoms with Gasteiger partial charge < -0.3 is 14.9 Å². The highest BCUT2D eigenvalue weighted by Crippen LogP contribution is 2.30. The Balaban J connectivity index is 2.34. The van der Waals surface area contributed by atoms with E-state index in [2.05, 4.69) is 4.98 Å². The van der Waals surface area contributed by atoms with Crippen LogP contribution in [0.3, 0.4) is 0 Å². The Morgan fingerprint density at radius 1 is 1.50 bits per heavy atom. The van der Waals surface area contributed by atoms with Crippen LogP contribution < -0.4 is 10.5 Å². The summed E-state index contributed by atoms with van der Waals surface area (Å²) in [5, 5.41) is 0.543. The van der Waals surface area contributed by atoms with Gasteiger partial charge in [-0.2, -0.15) is 4.98 Å². The smallest absolute Gasteiger partial charge is 0.292 e. The summed E-state index contributed by atoms with van der Waals surface area (Å²) in [4.78, 5) is 4.01. The summed E-state index contributed by atoms with van der Waals surface area (Å²) in [6.45, 7) is 2.48. The van der Waals surface area contributed by atoms with Crippen molar-refractivity contribution in [1.29, 1.82) is 0 Å². The number of hydrogen-bond acceptors (Lipinski definition) is 4. The van der Waals surface area contributed by atoms with Gasteiger partial charge in [0.15, 0.2) is 0 Å². The number of anilines is 1. The van der Waals surface area contributed by atoms with Crippen LogP contribution >= 0.6 is 11.6 Å². The lowest BCUT2D eigenvalue weighted by Crippen LogP contribution is -1.92. The number of hydrogen-bond donors (Lipinski definition) is 1. The van der Waals surface area contributed by atoms with Gasteiger partial charge in [-0.1, -0.05) is 11.6 Å². The fourth-order valence-corrected chi connectivity index (χ4v) is 1.59. The van der Waals surface area contributed by atoms with Crippen LogP contribution in [0.2, 0.25) is 5.02 Å². The normalized spacial score (nSPS) is 10.4. The Bertz CT molecular complexity index is 496. The molecule has 1 aromatic carbocycles. The number of halogens is 1. The van der Waals surface area contributed by atoms with Crippen LogP contribution in [0.15, 0.2) is 28.9 Å². The highest BCUT2D eigenvalue weighted by molar-refractivity contribution is 6.32. The van der Waals surface area contributed by atoms with Gasteiger partial charge in [0, 0.05) is 5.56 Å². The third-order valence-corrected chi connectivity index (χ3v) is 2.34. The third kappa shape index (κ3) is 2.12. The van der Waals surface area contributed by atoms with Crippen molar-refractivity contribution in [2.45, 2.75) is 6.92 Å². The minimum atomic E-state index is 0.139. The quantitative estimate of drug-likeness (QED) is 0.893. The summed E-state index contributed by atoms with van der Waals surface area (Å²) in [7, 11) is 0. The Kier molecular flexibility index (Phi) is 3.01. The summed E-state index contributed by atoms with van der Waals surface area (Å²) in [5.41, 5.74) is 6.89. The summed E-state index contributed by atoms with van der Waals surface area (Å²) >= 11 is 6.05. The Hall–Kier alpha value is -1.68. The molecule has 0 amide bonds. The van der Waals surface area contributed by atoms with Crippen LogP contribution in [0.5, 0.6) is 5.75 Å². The molecule has 0 atom stereocenters. The van der Waals surface area contributed by atoms with E-state index in [9.17, 15) is 0 Å². The molecule has 0 unspecified atom stereocenters. The molecule has 2 aromatic rings. The summed E-state index contributed by atoms with van der Waals surface area (Å²) < 4.78 is 10.3. The molecule has 4 nitrogen and oxygen atoms in total. The van der Waals surface area contributed by atoms with E-state index in [1.165, 1.54) is 6.26 Å². The Morgan fingerprint density at radius 2 is 2.31 bits per heavy atom. The van der Waals surface area contributed by atoms with E-state index in [0.29, 0.717) is 23.1 Å². The van der Waals surface area contributed by atoms with E-state index in [-0.39, 0.29) is 6.01 Å². The van der Waals surface area contributed by atoms with E-state index in [4.69, 9.17) is 26.5 Å². The summed E-state index contributed by atoms with van der Waals surface area (Å²) in [6, 6.07) is 5.56. The molecule has 1 heterocycles. The largest absolute Gasteiger partial charge is 0.492 e. The highest BCUT2D eigenvalue weighted by Gasteiger charge is 2.07. The fourth-order valence-electron chi connectivity index (χ4n) is 1.35. The molecule has 0 aliphatic heterocycles. The first-order chi connectivity index (χ1) is 7.70. The second-order valence-electron chi connectivity index (χ2n) is 3.15. The molecular weight excluding hydrogens is 228 g/mol. The zero-order valence-corrected chi connectivity index (χ0v) is 9.49. The van der Waals surface area contributed by atoms with Crippen molar-refractivity contribution in [1.82, 2.24) is 4.98 Å². The van der Waals surface area contributed by atoms with Gasteiger partial charge in [0.25, 0.3) is 6.01 Å². The first-order valence-corrected chi connectivity index (χ1v) is 5.22. The molecule has 1 aromatic heterocycles. The van der Waals surface area contributed by atoms with E-state index in [1.54, 1.807) is 12.1 Å². The summed E-state index contributed by atoms with van der Waals surface area (Å²) in [5.74, 6) is 0.657. The number of rotatable bonds is 3. The second-order valence-corrected chi connectivity index (χ2v) is 3.56. The Morgan fingerprint density at radius 3 is 2.88 bits per heavy atom. The molecule has 2 rings (SSSR count). The van der Waals surface area contributed by atoms with Crippen molar-refractivity contribution < 1.29 is 9.15 Å². The lowest BCUT2D eigenvalue weighted by Gasteiger charge is -2.06. The average Bonchev–Trinajstić information content (AvgIpc) is 2.68. The Labute approximate surface area is 98.0 Å². The number of nitrogens with zero attached hydrogens (tertiary/aromatic N) is 1. The van der Waals surface area contributed by atoms with Gasteiger partial charge in [-0.25, -0.2) is 0 Å². The molecule has 84 valence electrons. The fraction of sp³-hybridized carbons (Fsp3) is 0.182. The van der Waals surface area contributed by atoms with Gasteiger partial charge in [0.1, 0.15) is 17.7 Å². The zero-order valence-electron chi connectivity index (χ0n) is 8.74. The molecule has 16 heavy (non-hydrogen) atoms. The molecule has 0 aliphatic carbocycles. The maximum Gasteiger partial charge on any atom is 0.292 e. The maximum atomic E-state index is 6.05. The third-order valence-electron chi connectivity index (χ3n) is 2.05. The molecule has 0 bridgehead atoms. The van der Waals surface area contributed by atoms with Gasteiger partial charge in [-0.05, 0) is 25.1 Å². The van der Waals surface area contributed by atoms with Crippen LogP contribution in [0, 0.1) is 0 Å². The summed E-state index contributed by atoms with van der Waals surface area (Å²) in [6.07, 6.45) is 1.49. The topological polar surface area (TPSA) is 61.3 Å². The average molecular weight is 239 g/mol. The van der Waals surface area contributed by atoms with Crippen LogP contribution in [-0.4, -0.2) is 11.6 Å². The van der Waals surface area contributed by atoms with Gasteiger partial charge in [-0.3, -0.25) is 0 Å². The van der Waals surface area contributed by atoms with Gasteiger partial charge in [0.05, 0.1) is 11.6 Å². The predicted molar refractivity (Wildman–Crippen MR) is 62.5 cm³/mol. The molecule has 0 radical (unpaired) electrons. The molecule has 2 N–H and O–H groups in total.